The van der Waals surface area contributed by atoms with Gasteiger partial charge in [-0.25, -0.2) is 4.98 Å². The van der Waals surface area contributed by atoms with E-state index in [9.17, 15) is 0 Å². The van der Waals surface area contributed by atoms with Gasteiger partial charge in [0.25, 0.3) is 0 Å². The van der Waals surface area contributed by atoms with Crippen molar-refractivity contribution in [1.82, 2.24) is 4.98 Å². The molecule has 2 rings (SSSR count). The highest BCUT2D eigenvalue weighted by molar-refractivity contribution is 5.65. The molecule has 18 heavy (non-hydrogen) atoms. The summed E-state index contributed by atoms with van der Waals surface area (Å²) in [5.41, 5.74) is 3.17. The van der Waals surface area contributed by atoms with Crippen molar-refractivity contribution in [2.45, 2.75) is 6.61 Å². The highest BCUT2D eigenvalue weighted by atomic mass is 16.5. The molecule has 0 unspecified atom stereocenters. The minimum Gasteiger partial charge on any atom is -0.380 e. The lowest BCUT2D eigenvalue weighted by atomic mass is 10.2. The van der Waals surface area contributed by atoms with Crippen molar-refractivity contribution < 1.29 is 4.74 Å². The van der Waals surface area contributed by atoms with E-state index in [0.29, 0.717) is 6.61 Å². The first-order valence-electron chi connectivity index (χ1n) is 5.81. The van der Waals surface area contributed by atoms with Crippen LogP contribution in [0.1, 0.15) is 5.56 Å². The Morgan fingerprint density at radius 3 is 2.83 bits per heavy atom. The average Bonchev–Trinajstić information content (AvgIpc) is 2.41. The molecule has 0 radical (unpaired) electrons. The SMILES string of the molecule is CNc1cc(Nc2ccccc2COC)ccn1. The number of methoxy groups -OCH3 is 1. The van der Waals surface area contributed by atoms with Gasteiger partial charge >= 0.3 is 0 Å². The molecular weight excluding hydrogens is 226 g/mol. The lowest BCUT2D eigenvalue weighted by Crippen LogP contribution is -1.98. The van der Waals surface area contributed by atoms with E-state index in [4.69, 9.17) is 4.74 Å². The summed E-state index contributed by atoms with van der Waals surface area (Å²) in [6.07, 6.45) is 1.77. The number of aromatic nitrogens is 1. The van der Waals surface area contributed by atoms with Gasteiger partial charge in [0.2, 0.25) is 0 Å². The smallest absolute Gasteiger partial charge is 0.127 e. The van der Waals surface area contributed by atoms with E-state index in [1.165, 1.54) is 0 Å². The molecule has 1 aromatic carbocycles. The van der Waals surface area contributed by atoms with E-state index in [0.717, 1.165) is 22.8 Å². The lowest BCUT2D eigenvalue weighted by Gasteiger charge is -2.12. The summed E-state index contributed by atoms with van der Waals surface area (Å²) in [7, 11) is 3.55. The molecule has 0 atom stereocenters. The van der Waals surface area contributed by atoms with Gasteiger partial charge in [0.05, 0.1) is 6.61 Å². The Morgan fingerprint density at radius 1 is 1.22 bits per heavy atom. The molecule has 2 aromatic rings. The Bertz CT molecular complexity index is 514. The summed E-state index contributed by atoms with van der Waals surface area (Å²) >= 11 is 0. The van der Waals surface area contributed by atoms with Gasteiger partial charge in [-0.05, 0) is 12.1 Å². The van der Waals surface area contributed by atoms with E-state index in [-0.39, 0.29) is 0 Å². The van der Waals surface area contributed by atoms with Crippen LogP contribution in [0.3, 0.4) is 0 Å². The molecule has 0 fully saturated rings. The van der Waals surface area contributed by atoms with Crippen LogP contribution in [-0.2, 0) is 11.3 Å². The largest absolute Gasteiger partial charge is 0.380 e. The number of benzene rings is 1. The standard InChI is InChI=1S/C14H17N3O/c1-15-14-9-12(7-8-16-14)17-13-6-4-3-5-11(13)10-18-2/h3-9H,10H2,1-2H3,(H2,15,16,17). The van der Waals surface area contributed by atoms with Gasteiger partial charge in [0.15, 0.2) is 0 Å². The second kappa shape index (κ2) is 6.02. The molecule has 4 heteroatoms. The number of hydrogen-bond donors (Lipinski definition) is 2. The highest BCUT2D eigenvalue weighted by Crippen LogP contribution is 2.22. The fourth-order valence-corrected chi connectivity index (χ4v) is 1.72. The van der Waals surface area contributed by atoms with Crippen molar-refractivity contribution in [3.05, 3.63) is 48.2 Å². The molecule has 0 bridgehead atoms. The molecule has 1 aromatic heterocycles. The third-order valence-electron chi connectivity index (χ3n) is 2.61. The zero-order valence-electron chi connectivity index (χ0n) is 10.6. The average molecular weight is 243 g/mol. The number of rotatable bonds is 5. The monoisotopic (exact) mass is 243 g/mol. The van der Waals surface area contributed by atoms with Gasteiger partial charge in [-0.15, -0.1) is 0 Å². The Hall–Kier alpha value is -2.07. The number of para-hydroxylation sites is 1. The van der Waals surface area contributed by atoms with Crippen LogP contribution in [0.2, 0.25) is 0 Å². The van der Waals surface area contributed by atoms with Gasteiger partial charge < -0.3 is 15.4 Å². The van der Waals surface area contributed by atoms with Crippen LogP contribution in [0.5, 0.6) is 0 Å². The Balaban J connectivity index is 2.22. The quantitative estimate of drug-likeness (QED) is 0.847. The Labute approximate surface area is 107 Å². The van der Waals surface area contributed by atoms with Crippen LogP contribution in [0.4, 0.5) is 17.2 Å². The topological polar surface area (TPSA) is 46.2 Å². The van der Waals surface area contributed by atoms with E-state index in [2.05, 4.69) is 15.6 Å². The normalized spacial score (nSPS) is 10.1. The number of pyridine rings is 1. The summed E-state index contributed by atoms with van der Waals surface area (Å²) in [4.78, 5) is 4.18. The fourth-order valence-electron chi connectivity index (χ4n) is 1.72. The third kappa shape index (κ3) is 2.99. The van der Waals surface area contributed by atoms with Crippen LogP contribution in [0, 0.1) is 0 Å². The molecular formula is C14H17N3O. The van der Waals surface area contributed by atoms with Crippen molar-refractivity contribution in [1.29, 1.82) is 0 Å². The molecule has 0 aliphatic carbocycles. The van der Waals surface area contributed by atoms with Crippen molar-refractivity contribution in [2.24, 2.45) is 0 Å². The molecule has 4 nitrogen and oxygen atoms in total. The minimum absolute atomic E-state index is 0.590. The first kappa shape index (κ1) is 12.4. The van der Waals surface area contributed by atoms with Gasteiger partial charge in [0, 0.05) is 43.4 Å². The Kier molecular flexibility index (Phi) is 4.15. The summed E-state index contributed by atoms with van der Waals surface area (Å²) in [5.74, 6) is 0.837. The summed E-state index contributed by atoms with van der Waals surface area (Å²) in [6.45, 7) is 0.590. The van der Waals surface area contributed by atoms with Crippen LogP contribution >= 0.6 is 0 Å². The van der Waals surface area contributed by atoms with Gasteiger partial charge in [-0.2, -0.15) is 0 Å². The van der Waals surface area contributed by atoms with E-state index >= 15 is 0 Å². The summed E-state index contributed by atoms with van der Waals surface area (Å²) in [5, 5.41) is 6.39. The fraction of sp³-hybridized carbons (Fsp3) is 0.214. The maximum atomic E-state index is 5.19. The number of nitrogens with one attached hydrogen (secondary N) is 2. The van der Waals surface area contributed by atoms with E-state index < -0.39 is 0 Å². The molecule has 0 spiro atoms. The zero-order chi connectivity index (χ0) is 12.8. The van der Waals surface area contributed by atoms with E-state index in [1.807, 2.05) is 43.4 Å². The van der Waals surface area contributed by atoms with Crippen molar-refractivity contribution in [3.8, 4) is 0 Å². The molecule has 0 saturated carbocycles. The van der Waals surface area contributed by atoms with Gasteiger partial charge in [-0.3, -0.25) is 0 Å². The zero-order valence-corrected chi connectivity index (χ0v) is 10.6. The highest BCUT2D eigenvalue weighted by Gasteiger charge is 2.02. The van der Waals surface area contributed by atoms with Crippen LogP contribution in [0.25, 0.3) is 0 Å². The summed E-state index contributed by atoms with van der Waals surface area (Å²) < 4.78 is 5.19. The van der Waals surface area contributed by atoms with Crippen LogP contribution < -0.4 is 10.6 Å². The second-order valence-corrected chi connectivity index (χ2v) is 3.89. The molecule has 94 valence electrons. The Morgan fingerprint density at radius 2 is 2.06 bits per heavy atom. The molecule has 1 heterocycles. The van der Waals surface area contributed by atoms with Gasteiger partial charge in [-0.1, -0.05) is 18.2 Å². The predicted molar refractivity (Wildman–Crippen MR) is 74.2 cm³/mol. The maximum absolute atomic E-state index is 5.19. The predicted octanol–water partition coefficient (Wildman–Crippen LogP) is 3.01. The molecule has 0 saturated heterocycles. The molecule has 0 aliphatic heterocycles. The van der Waals surface area contributed by atoms with Crippen molar-refractivity contribution >= 4 is 17.2 Å². The van der Waals surface area contributed by atoms with Crippen molar-refractivity contribution in [3.63, 3.8) is 0 Å². The first-order valence-corrected chi connectivity index (χ1v) is 5.81. The van der Waals surface area contributed by atoms with Gasteiger partial charge in [0.1, 0.15) is 5.82 Å². The minimum atomic E-state index is 0.590. The second-order valence-electron chi connectivity index (χ2n) is 3.89. The van der Waals surface area contributed by atoms with Crippen molar-refractivity contribution in [2.75, 3.05) is 24.8 Å². The first-order chi connectivity index (χ1) is 8.83. The molecule has 0 aliphatic rings. The number of anilines is 3. The van der Waals surface area contributed by atoms with Crippen LogP contribution in [0.15, 0.2) is 42.6 Å². The molecule has 2 N–H and O–H groups in total. The van der Waals surface area contributed by atoms with Crippen LogP contribution in [-0.4, -0.2) is 19.1 Å². The number of hydrogen-bond acceptors (Lipinski definition) is 4. The summed E-state index contributed by atoms with van der Waals surface area (Å²) in [6, 6.07) is 12.0. The lowest BCUT2D eigenvalue weighted by molar-refractivity contribution is 0.185. The molecule has 0 amide bonds. The van der Waals surface area contributed by atoms with E-state index in [1.54, 1.807) is 13.3 Å². The maximum Gasteiger partial charge on any atom is 0.127 e. The third-order valence-corrected chi connectivity index (χ3v) is 2.61. The number of nitrogens with zero attached hydrogens (tertiary/aromatic N) is 1. The number of ether oxygens (including phenoxy) is 1.